The van der Waals surface area contributed by atoms with E-state index < -0.39 is 0 Å². The summed E-state index contributed by atoms with van der Waals surface area (Å²) in [6.45, 7) is 12.6. The van der Waals surface area contributed by atoms with Gasteiger partial charge in [0.1, 0.15) is 5.76 Å². The largest absolute Gasteiger partial charge is 0.494 e. The molecule has 2 nitrogen and oxygen atoms in total. The van der Waals surface area contributed by atoms with Crippen LogP contribution in [0.3, 0.4) is 0 Å². The number of rotatable bonds is 9. The molecule has 0 saturated carbocycles. The van der Waals surface area contributed by atoms with Gasteiger partial charge >= 0.3 is 0 Å². The van der Waals surface area contributed by atoms with Gasteiger partial charge in [-0.15, -0.1) is 0 Å². The Hall–Kier alpha value is -1.80. The first-order valence-corrected chi connectivity index (χ1v) is 6.63. The Balaban J connectivity index is 4.33. The van der Waals surface area contributed by atoms with Gasteiger partial charge in [0.05, 0.1) is 19.9 Å². The van der Waals surface area contributed by atoms with Gasteiger partial charge in [-0.3, -0.25) is 0 Å². The highest BCUT2D eigenvalue weighted by atomic mass is 16.5. The van der Waals surface area contributed by atoms with Crippen LogP contribution in [0.15, 0.2) is 72.7 Å². The van der Waals surface area contributed by atoms with Gasteiger partial charge in [0, 0.05) is 0 Å². The van der Waals surface area contributed by atoms with Crippen LogP contribution in [-0.4, -0.2) is 13.7 Å². The molecule has 0 aromatic rings. The fraction of sp³-hybridized carbons (Fsp3) is 0.294. The number of hydrogen-bond donors (Lipinski definition) is 1. The highest BCUT2D eigenvalue weighted by molar-refractivity contribution is 5.37. The normalized spacial score (nSPS) is 12.7. The molecule has 2 N–H and O–H groups in total. The van der Waals surface area contributed by atoms with Gasteiger partial charge < -0.3 is 10.1 Å². The molecule has 0 radical (unpaired) electrons. The summed E-state index contributed by atoms with van der Waals surface area (Å²) in [6, 6.07) is 0. The Labute approximate surface area is 117 Å². The van der Waals surface area contributed by atoms with E-state index in [1.54, 1.807) is 0 Å². The molecule has 0 atom stereocenters. The lowest BCUT2D eigenvalue weighted by molar-refractivity contribution is -0.556. The molecule has 0 aliphatic rings. The van der Waals surface area contributed by atoms with Gasteiger partial charge in [-0.05, 0) is 36.6 Å². The average Bonchev–Trinajstić information content (AvgIpc) is 2.43. The van der Waals surface area contributed by atoms with Crippen molar-refractivity contribution in [3.63, 3.8) is 0 Å². The molecule has 104 valence electrons. The van der Waals surface area contributed by atoms with Crippen molar-refractivity contribution < 1.29 is 10.1 Å². The predicted octanol–water partition coefficient (Wildman–Crippen LogP) is 3.25. The van der Waals surface area contributed by atoms with Crippen LogP contribution >= 0.6 is 0 Å². The molecule has 19 heavy (non-hydrogen) atoms. The molecule has 0 spiro atoms. The molecule has 0 bridgehead atoms. The standard InChI is InChI=1S/C17H25NO/c1-6-14-19-16(4)10-8-15(3)9-11-17(7-2)12-13-18-5/h7-13,18H,3-4,6,14H2,1-2,5H3/p+1/b10-8-,11-9+,13-12-,17-7-. The third kappa shape index (κ3) is 9.86. The van der Waals surface area contributed by atoms with Crippen molar-refractivity contribution in [3.8, 4) is 0 Å². The Morgan fingerprint density at radius 2 is 1.79 bits per heavy atom. The van der Waals surface area contributed by atoms with Gasteiger partial charge in [0.15, 0.2) is 0 Å². The van der Waals surface area contributed by atoms with Crippen molar-refractivity contribution in [2.75, 3.05) is 13.7 Å². The maximum atomic E-state index is 5.37. The zero-order chi connectivity index (χ0) is 14.5. The van der Waals surface area contributed by atoms with E-state index >= 15 is 0 Å². The molecule has 0 aromatic carbocycles. The maximum absolute atomic E-state index is 5.37. The lowest BCUT2D eigenvalue weighted by atomic mass is 10.1. The number of nitrogens with two attached hydrogens (primary N) is 1. The third-order valence-electron chi connectivity index (χ3n) is 2.28. The van der Waals surface area contributed by atoms with E-state index in [1.165, 1.54) is 0 Å². The molecule has 2 heteroatoms. The van der Waals surface area contributed by atoms with Crippen LogP contribution in [0.25, 0.3) is 0 Å². The molecule has 0 fully saturated rings. The first-order valence-electron chi connectivity index (χ1n) is 6.63. The average molecular weight is 260 g/mol. The Kier molecular flexibility index (Phi) is 10.2. The second-order valence-corrected chi connectivity index (χ2v) is 4.04. The number of quaternary nitrogens is 1. The van der Waals surface area contributed by atoms with Gasteiger partial charge in [-0.1, -0.05) is 44.4 Å². The van der Waals surface area contributed by atoms with Crippen LogP contribution in [0.4, 0.5) is 0 Å². The Bertz CT molecular complexity index is 397. The first-order chi connectivity index (χ1) is 9.13. The molecule has 0 unspecified atom stereocenters. The lowest BCUT2D eigenvalue weighted by Crippen LogP contribution is -2.72. The van der Waals surface area contributed by atoms with Crippen LogP contribution < -0.4 is 5.32 Å². The Morgan fingerprint density at radius 1 is 1.11 bits per heavy atom. The van der Waals surface area contributed by atoms with Crippen molar-refractivity contribution >= 4 is 0 Å². The summed E-state index contributed by atoms with van der Waals surface area (Å²) in [5, 5.41) is 2.00. The van der Waals surface area contributed by atoms with E-state index in [-0.39, 0.29) is 0 Å². The van der Waals surface area contributed by atoms with Crippen LogP contribution in [-0.2, 0) is 4.74 Å². The van der Waals surface area contributed by atoms with Crippen molar-refractivity contribution in [1.29, 1.82) is 0 Å². The minimum absolute atomic E-state index is 0.670. The van der Waals surface area contributed by atoms with Crippen molar-refractivity contribution in [3.05, 3.63) is 72.7 Å². The van der Waals surface area contributed by atoms with E-state index in [2.05, 4.69) is 32.2 Å². The molecule has 0 rings (SSSR count). The van der Waals surface area contributed by atoms with Crippen LogP contribution in [0, 0.1) is 0 Å². The SMILES string of the molecule is C=C(/C=C\C(=C)OCCC)/C=C/C(/C=C\[NH2+]C)=C/C. The molecule has 0 saturated heterocycles. The summed E-state index contributed by atoms with van der Waals surface area (Å²) < 4.78 is 5.37. The second-order valence-electron chi connectivity index (χ2n) is 4.04. The third-order valence-corrected chi connectivity index (χ3v) is 2.28. The van der Waals surface area contributed by atoms with Crippen molar-refractivity contribution in [2.45, 2.75) is 20.3 Å². The summed E-state index contributed by atoms with van der Waals surface area (Å²) in [6.07, 6.45) is 14.8. The van der Waals surface area contributed by atoms with Crippen LogP contribution in [0.2, 0.25) is 0 Å². The lowest BCUT2D eigenvalue weighted by Gasteiger charge is -2.02. The summed E-state index contributed by atoms with van der Waals surface area (Å²) in [4.78, 5) is 0. The van der Waals surface area contributed by atoms with Crippen molar-refractivity contribution in [2.24, 2.45) is 0 Å². The van der Waals surface area contributed by atoms with Gasteiger partial charge in [0.25, 0.3) is 0 Å². The number of ether oxygens (including phenoxy) is 1. The fourth-order valence-electron chi connectivity index (χ4n) is 1.20. The summed E-state index contributed by atoms with van der Waals surface area (Å²) in [5.74, 6) is 0.670. The maximum Gasteiger partial charge on any atom is 0.112 e. The van der Waals surface area contributed by atoms with Crippen LogP contribution in [0.1, 0.15) is 20.3 Å². The van der Waals surface area contributed by atoms with Gasteiger partial charge in [-0.25, -0.2) is 0 Å². The van der Waals surface area contributed by atoms with E-state index in [0.29, 0.717) is 12.4 Å². The molecular weight excluding hydrogens is 234 g/mol. The molecule has 0 heterocycles. The molecule has 0 aliphatic heterocycles. The highest BCUT2D eigenvalue weighted by Crippen LogP contribution is 2.05. The zero-order valence-electron chi connectivity index (χ0n) is 12.4. The number of hydrogen-bond acceptors (Lipinski definition) is 1. The summed E-state index contributed by atoms with van der Waals surface area (Å²) >= 11 is 0. The summed E-state index contributed by atoms with van der Waals surface area (Å²) in [7, 11) is 2.00. The van der Waals surface area contributed by atoms with Crippen LogP contribution in [0.5, 0.6) is 0 Å². The minimum atomic E-state index is 0.670. The van der Waals surface area contributed by atoms with Gasteiger partial charge in [-0.2, -0.15) is 0 Å². The minimum Gasteiger partial charge on any atom is -0.494 e. The predicted molar refractivity (Wildman–Crippen MR) is 83.5 cm³/mol. The van der Waals surface area contributed by atoms with E-state index in [0.717, 1.165) is 17.6 Å². The second kappa shape index (κ2) is 11.3. The Morgan fingerprint density at radius 3 is 2.37 bits per heavy atom. The quantitative estimate of drug-likeness (QED) is 0.500. The fourth-order valence-corrected chi connectivity index (χ4v) is 1.20. The molecular formula is C17H26NO+. The highest BCUT2D eigenvalue weighted by Gasteiger charge is 1.89. The van der Waals surface area contributed by atoms with E-state index in [4.69, 9.17) is 4.74 Å². The van der Waals surface area contributed by atoms with Gasteiger partial charge in [0.2, 0.25) is 0 Å². The van der Waals surface area contributed by atoms with Crippen molar-refractivity contribution in [1.82, 2.24) is 0 Å². The first kappa shape index (κ1) is 17.2. The van der Waals surface area contributed by atoms with E-state index in [9.17, 15) is 0 Å². The van der Waals surface area contributed by atoms with E-state index in [1.807, 2.05) is 49.8 Å². The molecule has 0 amide bonds. The summed E-state index contributed by atoms with van der Waals surface area (Å²) in [5.41, 5.74) is 2.06. The number of allylic oxidation sites excluding steroid dienone is 8. The molecule has 0 aromatic heterocycles. The topological polar surface area (TPSA) is 25.8 Å². The zero-order valence-corrected chi connectivity index (χ0v) is 12.4. The monoisotopic (exact) mass is 260 g/mol. The molecule has 0 aliphatic carbocycles. The smallest absolute Gasteiger partial charge is 0.112 e.